The number of hydrogen-bond donors (Lipinski definition) is 3. The van der Waals surface area contributed by atoms with Gasteiger partial charge in [0.15, 0.2) is 11.5 Å². The van der Waals surface area contributed by atoms with E-state index in [0.29, 0.717) is 28.1 Å². The van der Waals surface area contributed by atoms with E-state index in [1.165, 1.54) is 19.4 Å². The van der Waals surface area contributed by atoms with Crippen LogP contribution in [0.25, 0.3) is 0 Å². The van der Waals surface area contributed by atoms with E-state index >= 15 is 0 Å². The van der Waals surface area contributed by atoms with Gasteiger partial charge in [-0.1, -0.05) is 12.7 Å². The summed E-state index contributed by atoms with van der Waals surface area (Å²) in [6.45, 7) is 3.93. The molecule has 0 bridgehead atoms. The minimum atomic E-state index is -0.937. The number of carbonyl (C=O) groups excluding carboxylic acids is 2. The summed E-state index contributed by atoms with van der Waals surface area (Å²) in [6.07, 6.45) is 2.93. The molecule has 2 aromatic rings. The Morgan fingerprint density at radius 3 is 2.61 bits per heavy atom. The first-order chi connectivity index (χ1) is 13.4. The van der Waals surface area contributed by atoms with E-state index in [9.17, 15) is 14.7 Å². The third kappa shape index (κ3) is 5.85. The Bertz CT molecular complexity index is 897. The van der Waals surface area contributed by atoms with Crippen LogP contribution in [0, 0.1) is 0 Å². The fourth-order valence-corrected chi connectivity index (χ4v) is 2.48. The third-order valence-electron chi connectivity index (χ3n) is 3.34. The first-order valence-corrected chi connectivity index (χ1v) is 8.78. The molecular formula is C19H18BrN3O5. The van der Waals surface area contributed by atoms with Crippen LogP contribution in [0.2, 0.25) is 0 Å². The normalized spacial score (nSPS) is 10.4. The van der Waals surface area contributed by atoms with Crippen LogP contribution in [-0.2, 0) is 9.59 Å². The molecule has 2 rings (SSSR count). The van der Waals surface area contributed by atoms with E-state index in [1.54, 1.807) is 36.4 Å². The van der Waals surface area contributed by atoms with Gasteiger partial charge in [0.25, 0.3) is 0 Å². The summed E-state index contributed by atoms with van der Waals surface area (Å²) in [6, 6.07) is 9.62. The number of aromatic hydroxyl groups is 1. The molecule has 0 aliphatic heterocycles. The van der Waals surface area contributed by atoms with Crippen LogP contribution >= 0.6 is 15.9 Å². The Labute approximate surface area is 170 Å². The number of phenolic OH excluding ortho intramolecular Hbond substituents is 1. The number of amides is 2. The number of benzene rings is 2. The molecule has 0 unspecified atom stereocenters. The highest BCUT2D eigenvalue weighted by Crippen LogP contribution is 2.34. The van der Waals surface area contributed by atoms with Crippen molar-refractivity contribution in [3.63, 3.8) is 0 Å². The molecule has 0 aliphatic carbocycles. The molecule has 3 N–H and O–H groups in total. The largest absolute Gasteiger partial charge is 0.503 e. The lowest BCUT2D eigenvalue weighted by Crippen LogP contribution is -2.32. The summed E-state index contributed by atoms with van der Waals surface area (Å²) >= 11 is 3.18. The van der Waals surface area contributed by atoms with Crippen molar-refractivity contribution in [2.24, 2.45) is 5.10 Å². The van der Waals surface area contributed by atoms with Crippen molar-refractivity contribution in [2.75, 3.05) is 19.0 Å². The monoisotopic (exact) mass is 447 g/mol. The molecule has 28 heavy (non-hydrogen) atoms. The molecule has 0 aliphatic rings. The summed E-state index contributed by atoms with van der Waals surface area (Å²) in [7, 11) is 1.41. The molecule has 2 amide bonds. The van der Waals surface area contributed by atoms with Crippen molar-refractivity contribution in [1.82, 2.24) is 5.43 Å². The molecular weight excluding hydrogens is 430 g/mol. The number of anilines is 1. The average molecular weight is 448 g/mol. The molecule has 0 spiro atoms. The summed E-state index contributed by atoms with van der Waals surface area (Å²) < 4.78 is 10.8. The van der Waals surface area contributed by atoms with Crippen LogP contribution in [0.1, 0.15) is 5.56 Å². The smallest absolute Gasteiger partial charge is 0.329 e. The van der Waals surface area contributed by atoms with Crippen molar-refractivity contribution in [1.29, 1.82) is 0 Å². The number of rotatable bonds is 7. The Morgan fingerprint density at radius 1 is 1.25 bits per heavy atom. The number of nitrogens with zero attached hydrogens (tertiary/aromatic N) is 1. The van der Waals surface area contributed by atoms with Crippen molar-refractivity contribution in [3.8, 4) is 17.2 Å². The van der Waals surface area contributed by atoms with Gasteiger partial charge < -0.3 is 19.9 Å². The maximum atomic E-state index is 11.9. The Balaban J connectivity index is 1.92. The van der Waals surface area contributed by atoms with E-state index in [4.69, 9.17) is 9.47 Å². The van der Waals surface area contributed by atoms with Gasteiger partial charge in [0.1, 0.15) is 12.4 Å². The molecule has 0 aromatic heterocycles. The lowest BCUT2D eigenvalue weighted by molar-refractivity contribution is -0.136. The highest BCUT2D eigenvalue weighted by molar-refractivity contribution is 9.10. The molecule has 8 nitrogen and oxygen atoms in total. The molecule has 0 radical (unpaired) electrons. The molecule has 146 valence electrons. The second-order valence-electron chi connectivity index (χ2n) is 5.33. The number of hydrazone groups is 1. The van der Waals surface area contributed by atoms with Crippen LogP contribution < -0.4 is 20.2 Å². The van der Waals surface area contributed by atoms with E-state index in [2.05, 4.69) is 38.4 Å². The topological polar surface area (TPSA) is 109 Å². The first kappa shape index (κ1) is 21.0. The molecule has 0 fully saturated rings. The third-order valence-corrected chi connectivity index (χ3v) is 3.94. The highest BCUT2D eigenvalue weighted by Gasteiger charge is 2.13. The highest BCUT2D eigenvalue weighted by atomic mass is 79.9. The summed E-state index contributed by atoms with van der Waals surface area (Å²) in [5.41, 5.74) is 3.10. The minimum Gasteiger partial charge on any atom is -0.503 e. The minimum absolute atomic E-state index is 0.0519. The maximum absolute atomic E-state index is 11.9. The number of methoxy groups -OCH3 is 1. The van der Waals surface area contributed by atoms with E-state index in [1.807, 2.05) is 0 Å². The number of ether oxygens (including phenoxy) is 2. The molecule has 0 saturated heterocycles. The number of phenols is 1. The molecule has 0 heterocycles. The predicted octanol–water partition coefficient (Wildman–Crippen LogP) is 2.82. The van der Waals surface area contributed by atoms with E-state index in [0.717, 1.165) is 0 Å². The van der Waals surface area contributed by atoms with Gasteiger partial charge in [-0.3, -0.25) is 9.59 Å². The molecule has 0 atom stereocenters. The van der Waals surface area contributed by atoms with Crippen LogP contribution in [0.15, 0.2) is 58.6 Å². The quantitative estimate of drug-likeness (QED) is 0.261. The summed E-state index contributed by atoms with van der Waals surface area (Å²) in [4.78, 5) is 23.8. The lowest BCUT2D eigenvalue weighted by Gasteiger charge is -2.07. The van der Waals surface area contributed by atoms with Crippen LogP contribution in [0.5, 0.6) is 17.2 Å². The van der Waals surface area contributed by atoms with E-state index < -0.39 is 11.8 Å². The Kier molecular flexibility index (Phi) is 7.58. The van der Waals surface area contributed by atoms with Gasteiger partial charge in [-0.15, -0.1) is 0 Å². The summed E-state index contributed by atoms with van der Waals surface area (Å²) in [5.74, 6) is -1.01. The molecule has 2 aromatic carbocycles. The zero-order chi connectivity index (χ0) is 20.5. The Morgan fingerprint density at radius 2 is 1.96 bits per heavy atom. The zero-order valence-corrected chi connectivity index (χ0v) is 16.5. The predicted molar refractivity (Wildman–Crippen MR) is 109 cm³/mol. The number of carbonyl (C=O) groups is 2. The van der Waals surface area contributed by atoms with Crippen molar-refractivity contribution in [2.45, 2.75) is 0 Å². The van der Waals surface area contributed by atoms with Crippen molar-refractivity contribution < 1.29 is 24.2 Å². The van der Waals surface area contributed by atoms with Gasteiger partial charge in [-0.25, -0.2) is 5.43 Å². The average Bonchev–Trinajstić information content (AvgIpc) is 2.69. The van der Waals surface area contributed by atoms with E-state index in [-0.39, 0.29) is 11.5 Å². The van der Waals surface area contributed by atoms with Crippen molar-refractivity contribution in [3.05, 3.63) is 59.1 Å². The summed E-state index contributed by atoms with van der Waals surface area (Å²) in [5, 5.41) is 15.9. The van der Waals surface area contributed by atoms with Gasteiger partial charge in [0.2, 0.25) is 0 Å². The lowest BCUT2D eigenvalue weighted by atomic mass is 10.2. The van der Waals surface area contributed by atoms with Gasteiger partial charge >= 0.3 is 11.8 Å². The Hall–Kier alpha value is -3.33. The second-order valence-corrected chi connectivity index (χ2v) is 6.19. The number of hydrogen-bond acceptors (Lipinski definition) is 6. The van der Waals surface area contributed by atoms with Gasteiger partial charge in [-0.2, -0.15) is 5.10 Å². The first-order valence-electron chi connectivity index (χ1n) is 7.99. The second kappa shape index (κ2) is 10.1. The van der Waals surface area contributed by atoms with Gasteiger partial charge in [0, 0.05) is 5.69 Å². The maximum Gasteiger partial charge on any atom is 0.329 e. The van der Waals surface area contributed by atoms with Crippen LogP contribution in [0.3, 0.4) is 0 Å². The van der Waals surface area contributed by atoms with Crippen molar-refractivity contribution >= 4 is 39.6 Å². The van der Waals surface area contributed by atoms with Crippen LogP contribution in [-0.4, -0.2) is 36.9 Å². The van der Waals surface area contributed by atoms with Crippen LogP contribution in [0.4, 0.5) is 5.69 Å². The fraction of sp³-hybridized carbons (Fsp3) is 0.105. The molecule has 9 heteroatoms. The standard InChI is InChI=1S/C19H18BrN3O5/c1-3-8-28-14-6-4-13(5-7-14)22-18(25)19(26)23-21-11-12-9-15(20)17(24)16(10-12)27-2/h3-7,9-11,24H,1,8H2,2H3,(H,22,25)(H,23,26)/b21-11-. The molecule has 0 saturated carbocycles. The fourth-order valence-electron chi connectivity index (χ4n) is 2.02. The SMILES string of the molecule is C=CCOc1ccc(NC(=O)C(=O)N/N=C\c2cc(Br)c(O)c(OC)c2)cc1. The zero-order valence-electron chi connectivity index (χ0n) is 14.9. The number of halogens is 1. The van der Waals surface area contributed by atoms with Gasteiger partial charge in [0.05, 0.1) is 17.8 Å². The number of nitrogens with one attached hydrogen (secondary N) is 2. The van der Waals surface area contributed by atoms with Gasteiger partial charge in [-0.05, 0) is 57.9 Å².